The molecule has 4 nitrogen and oxygen atoms in total. The molecule has 30 heavy (non-hydrogen) atoms. The number of fused-ring (bicyclic) bond motifs is 1. The van der Waals surface area contributed by atoms with Gasteiger partial charge in [-0.05, 0) is 42.5 Å². The third kappa shape index (κ3) is 4.24. The number of carbonyl (C=O) groups is 1. The predicted molar refractivity (Wildman–Crippen MR) is 124 cm³/mol. The van der Waals surface area contributed by atoms with Crippen LogP contribution < -0.4 is 9.64 Å². The van der Waals surface area contributed by atoms with Crippen LogP contribution in [0, 0.1) is 6.92 Å². The first kappa shape index (κ1) is 20.5. The van der Waals surface area contributed by atoms with Crippen LogP contribution in [0.2, 0.25) is 5.02 Å². The summed E-state index contributed by atoms with van der Waals surface area (Å²) in [6.45, 7) is 7.03. The van der Waals surface area contributed by atoms with Crippen molar-refractivity contribution in [3.05, 3.63) is 71.2 Å². The second kappa shape index (κ2) is 8.97. The number of nitrogens with zero attached hydrogens (tertiary/aromatic N) is 2. The van der Waals surface area contributed by atoms with Crippen LogP contribution in [-0.4, -0.2) is 43.1 Å². The van der Waals surface area contributed by atoms with Gasteiger partial charge in [0.2, 0.25) is 0 Å². The molecule has 3 aromatic rings. The molecule has 156 valence electrons. The first-order chi connectivity index (χ1) is 14.6. The summed E-state index contributed by atoms with van der Waals surface area (Å²) in [5.41, 5.74) is 2.35. The Balaban J connectivity index is 1.44. The van der Waals surface area contributed by atoms with E-state index in [-0.39, 0.29) is 5.91 Å². The third-order valence-corrected chi connectivity index (χ3v) is 6.00. The first-order valence-corrected chi connectivity index (χ1v) is 10.9. The zero-order chi connectivity index (χ0) is 21.1. The van der Waals surface area contributed by atoms with Crippen LogP contribution in [-0.2, 0) is 4.79 Å². The van der Waals surface area contributed by atoms with Gasteiger partial charge >= 0.3 is 0 Å². The van der Waals surface area contributed by atoms with E-state index in [1.54, 1.807) is 0 Å². The second-order valence-corrected chi connectivity index (χ2v) is 8.17. The minimum absolute atomic E-state index is 0.0629. The molecule has 0 saturated carbocycles. The SMILES string of the molecule is CC[C@@H](Oc1cccc2ccccc12)C(=O)N1CCN(c2cc(Cl)ccc2C)CC1. The standard InChI is InChI=1S/C25H27ClN2O2/c1-3-23(30-24-10-6-8-19-7-4-5-9-21(19)24)25(29)28-15-13-27(14-16-28)22-17-20(26)12-11-18(22)2/h4-12,17,23H,3,13-16H2,1-2H3/t23-/m1/s1. The maximum atomic E-state index is 13.2. The highest BCUT2D eigenvalue weighted by molar-refractivity contribution is 6.30. The van der Waals surface area contributed by atoms with Gasteiger partial charge in [0.25, 0.3) is 5.91 Å². The van der Waals surface area contributed by atoms with Gasteiger partial charge in [-0.15, -0.1) is 0 Å². The quantitative estimate of drug-likeness (QED) is 0.558. The van der Waals surface area contributed by atoms with Crippen molar-refractivity contribution in [1.29, 1.82) is 0 Å². The average Bonchev–Trinajstić information content (AvgIpc) is 2.79. The number of hydrogen-bond acceptors (Lipinski definition) is 3. The number of piperazine rings is 1. The maximum absolute atomic E-state index is 13.2. The summed E-state index contributed by atoms with van der Waals surface area (Å²) in [6.07, 6.45) is 0.158. The Morgan fingerprint density at radius 2 is 1.77 bits per heavy atom. The molecule has 5 heteroatoms. The van der Waals surface area contributed by atoms with Crippen molar-refractivity contribution in [3.63, 3.8) is 0 Å². The molecule has 1 atom stereocenters. The van der Waals surface area contributed by atoms with E-state index >= 15 is 0 Å². The molecule has 0 spiro atoms. The van der Waals surface area contributed by atoms with E-state index in [4.69, 9.17) is 16.3 Å². The summed E-state index contributed by atoms with van der Waals surface area (Å²) in [7, 11) is 0. The van der Waals surface area contributed by atoms with Crippen LogP contribution in [0.25, 0.3) is 10.8 Å². The van der Waals surface area contributed by atoms with Gasteiger partial charge in [-0.2, -0.15) is 0 Å². The largest absolute Gasteiger partial charge is 0.480 e. The summed E-state index contributed by atoms with van der Waals surface area (Å²) in [5, 5.41) is 2.89. The van der Waals surface area contributed by atoms with Gasteiger partial charge in [-0.1, -0.05) is 61.0 Å². The molecule has 0 radical (unpaired) electrons. The lowest BCUT2D eigenvalue weighted by Crippen LogP contribution is -2.52. The summed E-state index contributed by atoms with van der Waals surface area (Å²) >= 11 is 6.19. The summed E-state index contributed by atoms with van der Waals surface area (Å²) in [6, 6.07) is 20.0. The maximum Gasteiger partial charge on any atom is 0.263 e. The second-order valence-electron chi connectivity index (χ2n) is 7.74. The van der Waals surface area contributed by atoms with Gasteiger partial charge in [0.1, 0.15) is 5.75 Å². The van der Waals surface area contributed by atoms with Gasteiger partial charge in [0.05, 0.1) is 0 Å². The van der Waals surface area contributed by atoms with Crippen molar-refractivity contribution in [1.82, 2.24) is 4.90 Å². The highest BCUT2D eigenvalue weighted by atomic mass is 35.5. The Morgan fingerprint density at radius 3 is 2.53 bits per heavy atom. The molecule has 1 fully saturated rings. The predicted octanol–water partition coefficient (Wildman–Crippen LogP) is 5.31. The lowest BCUT2D eigenvalue weighted by atomic mass is 10.1. The molecule has 1 aliphatic heterocycles. The molecule has 1 aliphatic rings. The fraction of sp³-hybridized carbons (Fsp3) is 0.320. The van der Waals surface area contributed by atoms with E-state index in [9.17, 15) is 4.79 Å². The highest BCUT2D eigenvalue weighted by Gasteiger charge is 2.28. The molecule has 3 aromatic carbocycles. The van der Waals surface area contributed by atoms with Crippen molar-refractivity contribution in [2.75, 3.05) is 31.1 Å². The van der Waals surface area contributed by atoms with Crippen LogP contribution in [0.15, 0.2) is 60.7 Å². The van der Waals surface area contributed by atoms with Crippen molar-refractivity contribution in [2.24, 2.45) is 0 Å². The molecule has 0 bridgehead atoms. The summed E-state index contributed by atoms with van der Waals surface area (Å²) < 4.78 is 6.22. The van der Waals surface area contributed by atoms with Crippen LogP contribution in [0.4, 0.5) is 5.69 Å². The minimum atomic E-state index is -0.477. The molecular formula is C25H27ClN2O2. The first-order valence-electron chi connectivity index (χ1n) is 10.5. The molecule has 0 aliphatic carbocycles. The fourth-order valence-electron chi connectivity index (χ4n) is 4.05. The van der Waals surface area contributed by atoms with Gasteiger partial charge in [0, 0.05) is 42.3 Å². The molecule has 4 rings (SSSR count). The van der Waals surface area contributed by atoms with Crippen LogP contribution in [0.5, 0.6) is 5.75 Å². The molecule has 1 saturated heterocycles. The Hall–Kier alpha value is -2.72. The molecule has 0 unspecified atom stereocenters. The Kier molecular flexibility index (Phi) is 6.14. The Bertz CT molecular complexity index is 1040. The van der Waals surface area contributed by atoms with E-state index in [2.05, 4.69) is 24.0 Å². The van der Waals surface area contributed by atoms with Crippen molar-refractivity contribution in [3.8, 4) is 5.75 Å². The van der Waals surface area contributed by atoms with Crippen molar-refractivity contribution in [2.45, 2.75) is 26.4 Å². The third-order valence-electron chi connectivity index (χ3n) is 5.77. The number of hydrogen-bond donors (Lipinski definition) is 0. The Labute approximate surface area is 183 Å². The van der Waals surface area contributed by atoms with Gasteiger partial charge in [-0.25, -0.2) is 0 Å². The zero-order valence-electron chi connectivity index (χ0n) is 17.5. The lowest BCUT2D eigenvalue weighted by Gasteiger charge is -2.38. The normalized spacial score (nSPS) is 15.3. The molecule has 1 heterocycles. The number of benzene rings is 3. The number of anilines is 1. The number of aryl methyl sites for hydroxylation is 1. The monoisotopic (exact) mass is 422 g/mol. The lowest BCUT2D eigenvalue weighted by molar-refractivity contribution is -0.139. The van der Waals surface area contributed by atoms with E-state index in [0.29, 0.717) is 19.5 Å². The smallest absolute Gasteiger partial charge is 0.263 e. The summed E-state index contributed by atoms with van der Waals surface area (Å²) in [4.78, 5) is 17.4. The minimum Gasteiger partial charge on any atom is -0.480 e. The number of amides is 1. The summed E-state index contributed by atoms with van der Waals surface area (Å²) in [5.74, 6) is 0.828. The van der Waals surface area contributed by atoms with Crippen LogP contribution in [0.1, 0.15) is 18.9 Å². The fourth-order valence-corrected chi connectivity index (χ4v) is 4.22. The highest BCUT2D eigenvalue weighted by Crippen LogP contribution is 2.28. The molecule has 0 aromatic heterocycles. The molecular weight excluding hydrogens is 396 g/mol. The molecule has 1 amide bonds. The van der Waals surface area contributed by atoms with Gasteiger partial charge in [-0.3, -0.25) is 4.79 Å². The van der Waals surface area contributed by atoms with E-state index in [1.165, 1.54) is 5.56 Å². The van der Waals surface area contributed by atoms with Crippen molar-refractivity contribution >= 4 is 34.0 Å². The van der Waals surface area contributed by atoms with Crippen LogP contribution in [0.3, 0.4) is 0 Å². The van der Waals surface area contributed by atoms with Crippen LogP contribution >= 0.6 is 11.6 Å². The topological polar surface area (TPSA) is 32.8 Å². The van der Waals surface area contributed by atoms with Crippen molar-refractivity contribution < 1.29 is 9.53 Å². The number of rotatable bonds is 5. The average molecular weight is 423 g/mol. The van der Waals surface area contributed by atoms with Gasteiger partial charge < -0.3 is 14.5 Å². The molecule has 0 N–H and O–H groups in total. The number of carbonyl (C=O) groups excluding carboxylic acids is 1. The number of ether oxygens (including phenoxy) is 1. The number of halogens is 1. The van der Waals surface area contributed by atoms with E-state index in [0.717, 1.165) is 40.3 Å². The van der Waals surface area contributed by atoms with Gasteiger partial charge in [0.15, 0.2) is 6.10 Å². The van der Waals surface area contributed by atoms with E-state index in [1.807, 2.05) is 60.4 Å². The van der Waals surface area contributed by atoms with E-state index < -0.39 is 6.10 Å². The zero-order valence-corrected chi connectivity index (χ0v) is 18.2. The Morgan fingerprint density at radius 1 is 1.03 bits per heavy atom.